The third-order valence-corrected chi connectivity index (χ3v) is 8.11. The van der Waals surface area contributed by atoms with Gasteiger partial charge in [0.2, 0.25) is 11.8 Å². The van der Waals surface area contributed by atoms with Crippen LogP contribution in [0.5, 0.6) is 0 Å². The molecule has 0 radical (unpaired) electrons. The number of amides is 3. The Morgan fingerprint density at radius 1 is 1.14 bits per heavy atom. The van der Waals surface area contributed by atoms with Gasteiger partial charge in [-0.2, -0.15) is 5.10 Å². The first kappa shape index (κ1) is 30.3. The summed E-state index contributed by atoms with van der Waals surface area (Å²) in [7, 11) is 0. The molecule has 224 valence electrons. The van der Waals surface area contributed by atoms with E-state index in [1.807, 2.05) is 12.1 Å². The van der Waals surface area contributed by atoms with Gasteiger partial charge in [-0.25, -0.2) is 4.39 Å². The Kier molecular flexibility index (Phi) is 9.14. The topological polar surface area (TPSA) is 143 Å². The number of nitrogens with one attached hydrogen (secondary N) is 4. The Hall–Kier alpha value is -4.19. The van der Waals surface area contributed by atoms with E-state index in [-0.39, 0.29) is 29.1 Å². The van der Waals surface area contributed by atoms with Crippen LogP contribution in [-0.4, -0.2) is 62.1 Å². The molecule has 0 unspecified atom stereocenters. The highest BCUT2D eigenvalue weighted by molar-refractivity contribution is 6.31. The van der Waals surface area contributed by atoms with Crippen LogP contribution in [0.15, 0.2) is 54.9 Å². The van der Waals surface area contributed by atoms with E-state index in [1.54, 1.807) is 29.4 Å². The van der Waals surface area contributed by atoms with Crippen LogP contribution < -0.4 is 10.6 Å². The largest absolute Gasteiger partial charge is 0.394 e. The summed E-state index contributed by atoms with van der Waals surface area (Å²) < 4.78 is 13.6. The molecule has 5 N–H and O–H groups in total. The van der Waals surface area contributed by atoms with Crippen LogP contribution >= 0.6 is 23.2 Å². The SMILES string of the molecule is CC(=O)N1CCC[C@@H]1C(=O)NCc1ccc(-c2cn[nH]c2-c2c[nH]c(C(=O)N[C@H](CO)c3ccc(F)c(Cl)c3)c2)cc1Cl. The Balaban J connectivity index is 1.27. The zero-order chi connectivity index (χ0) is 30.7. The first-order valence-electron chi connectivity index (χ1n) is 13.6. The second-order valence-corrected chi connectivity index (χ2v) is 11.1. The summed E-state index contributed by atoms with van der Waals surface area (Å²) in [5, 5.41) is 22.9. The van der Waals surface area contributed by atoms with Crippen LogP contribution in [0.4, 0.5) is 4.39 Å². The van der Waals surface area contributed by atoms with Crippen molar-refractivity contribution in [1.29, 1.82) is 0 Å². The lowest BCUT2D eigenvalue weighted by Crippen LogP contribution is -2.44. The van der Waals surface area contributed by atoms with E-state index in [0.29, 0.717) is 34.8 Å². The van der Waals surface area contributed by atoms with Gasteiger partial charge in [0.15, 0.2) is 0 Å². The first-order valence-corrected chi connectivity index (χ1v) is 14.3. The lowest BCUT2D eigenvalue weighted by atomic mass is 10.0. The van der Waals surface area contributed by atoms with Crippen LogP contribution in [0.1, 0.15) is 47.4 Å². The second-order valence-electron chi connectivity index (χ2n) is 10.2. The Morgan fingerprint density at radius 2 is 1.95 bits per heavy atom. The highest BCUT2D eigenvalue weighted by Gasteiger charge is 2.32. The van der Waals surface area contributed by atoms with Gasteiger partial charge in [-0.1, -0.05) is 41.4 Å². The van der Waals surface area contributed by atoms with Gasteiger partial charge in [0.25, 0.3) is 5.91 Å². The lowest BCUT2D eigenvalue weighted by Gasteiger charge is -2.22. The Morgan fingerprint density at radius 3 is 2.67 bits per heavy atom. The summed E-state index contributed by atoms with van der Waals surface area (Å²) in [5.41, 5.74) is 4.21. The van der Waals surface area contributed by atoms with Crippen molar-refractivity contribution in [2.24, 2.45) is 0 Å². The highest BCUT2D eigenvalue weighted by Crippen LogP contribution is 2.33. The molecule has 1 saturated heterocycles. The third kappa shape index (κ3) is 6.58. The minimum atomic E-state index is -0.795. The van der Waals surface area contributed by atoms with Gasteiger partial charge in [0.05, 0.1) is 29.6 Å². The van der Waals surface area contributed by atoms with Gasteiger partial charge in [-0.3, -0.25) is 19.5 Å². The number of benzene rings is 2. The molecule has 10 nitrogen and oxygen atoms in total. The summed E-state index contributed by atoms with van der Waals surface area (Å²) in [4.78, 5) is 42.0. The predicted octanol–water partition coefficient (Wildman–Crippen LogP) is 4.61. The number of carbonyl (C=O) groups excluding carboxylic acids is 3. The molecule has 0 saturated carbocycles. The summed E-state index contributed by atoms with van der Waals surface area (Å²) in [6, 6.07) is 9.81. The molecule has 3 amide bonds. The fourth-order valence-corrected chi connectivity index (χ4v) is 5.61. The molecule has 13 heteroatoms. The summed E-state index contributed by atoms with van der Waals surface area (Å²) in [5.74, 6) is -1.40. The molecule has 2 aromatic heterocycles. The van der Waals surface area contributed by atoms with Crippen molar-refractivity contribution in [3.63, 3.8) is 0 Å². The zero-order valence-electron chi connectivity index (χ0n) is 23.1. The minimum absolute atomic E-state index is 0.109. The molecule has 5 rings (SSSR count). The molecule has 1 aliphatic heterocycles. The number of aliphatic hydroxyl groups is 1. The molecule has 2 aromatic carbocycles. The number of nitrogens with zero attached hydrogens (tertiary/aromatic N) is 2. The third-order valence-electron chi connectivity index (χ3n) is 7.47. The Bertz CT molecular complexity index is 1670. The number of halogens is 3. The van der Waals surface area contributed by atoms with Crippen LogP contribution in [0.25, 0.3) is 22.4 Å². The molecule has 1 fully saturated rings. The molecular weight excluding hydrogens is 598 g/mol. The predicted molar refractivity (Wildman–Crippen MR) is 160 cm³/mol. The van der Waals surface area contributed by atoms with Crippen LogP contribution in [0, 0.1) is 5.82 Å². The molecule has 0 aliphatic carbocycles. The number of carbonyl (C=O) groups is 3. The van der Waals surface area contributed by atoms with Crippen molar-refractivity contribution in [2.45, 2.75) is 38.4 Å². The number of hydrogen-bond acceptors (Lipinski definition) is 5. The van der Waals surface area contributed by atoms with Gasteiger partial charge in [0, 0.05) is 42.4 Å². The van der Waals surface area contributed by atoms with E-state index in [2.05, 4.69) is 25.8 Å². The van der Waals surface area contributed by atoms with Gasteiger partial charge >= 0.3 is 0 Å². The highest BCUT2D eigenvalue weighted by atomic mass is 35.5. The van der Waals surface area contributed by atoms with Crippen LogP contribution in [-0.2, 0) is 16.1 Å². The molecular formula is C30H29Cl2FN6O4. The van der Waals surface area contributed by atoms with Gasteiger partial charge in [-0.15, -0.1) is 0 Å². The summed E-state index contributed by atoms with van der Waals surface area (Å²) in [6.45, 7) is 1.85. The van der Waals surface area contributed by atoms with Crippen molar-refractivity contribution >= 4 is 40.9 Å². The normalized spacial score (nSPS) is 15.4. The standard InChI is InChI=1S/C30H29Cl2FN6O4/c1-16(41)39-8-2-3-27(39)30(43)35-12-19-5-4-17(9-22(19)31)21-14-36-38-28(21)20-11-25(34-13-20)29(42)37-26(15-40)18-6-7-24(33)23(32)10-18/h4-7,9-11,13-14,26-27,34,40H,2-3,8,12,15H2,1H3,(H,35,43)(H,36,38)(H,37,42)/t26-,27-/m1/s1. The number of hydrogen-bond donors (Lipinski definition) is 5. The molecule has 3 heterocycles. The van der Waals surface area contributed by atoms with Crippen molar-refractivity contribution in [3.8, 4) is 22.4 Å². The maximum absolute atomic E-state index is 13.6. The van der Waals surface area contributed by atoms with E-state index >= 15 is 0 Å². The average molecular weight is 628 g/mol. The van der Waals surface area contributed by atoms with Crippen LogP contribution in [0.2, 0.25) is 10.0 Å². The lowest BCUT2D eigenvalue weighted by molar-refractivity contribution is -0.136. The van der Waals surface area contributed by atoms with Crippen molar-refractivity contribution in [1.82, 2.24) is 30.7 Å². The van der Waals surface area contributed by atoms with E-state index < -0.39 is 30.4 Å². The van der Waals surface area contributed by atoms with Crippen LogP contribution in [0.3, 0.4) is 0 Å². The fourth-order valence-electron chi connectivity index (χ4n) is 5.17. The van der Waals surface area contributed by atoms with Gasteiger partial charge in [0.1, 0.15) is 17.6 Å². The molecule has 0 spiro atoms. The van der Waals surface area contributed by atoms with Gasteiger partial charge in [-0.05, 0) is 53.8 Å². The molecule has 2 atom stereocenters. The number of aromatic amines is 2. The number of aromatic nitrogens is 3. The maximum Gasteiger partial charge on any atom is 0.268 e. The quantitative estimate of drug-likeness (QED) is 0.184. The maximum atomic E-state index is 13.6. The first-order chi connectivity index (χ1) is 20.7. The van der Waals surface area contributed by atoms with E-state index in [1.165, 1.54) is 25.1 Å². The molecule has 0 bridgehead atoms. The summed E-state index contributed by atoms with van der Waals surface area (Å²) in [6.07, 6.45) is 4.72. The van der Waals surface area contributed by atoms with Crippen molar-refractivity contribution < 1.29 is 23.9 Å². The number of rotatable bonds is 9. The van der Waals surface area contributed by atoms with E-state index in [9.17, 15) is 23.9 Å². The smallest absolute Gasteiger partial charge is 0.268 e. The molecule has 4 aromatic rings. The van der Waals surface area contributed by atoms with E-state index in [4.69, 9.17) is 23.2 Å². The van der Waals surface area contributed by atoms with E-state index in [0.717, 1.165) is 23.1 Å². The summed E-state index contributed by atoms with van der Waals surface area (Å²) >= 11 is 12.4. The Labute approximate surface area is 256 Å². The van der Waals surface area contributed by atoms with Crippen molar-refractivity contribution in [2.75, 3.05) is 13.2 Å². The average Bonchev–Trinajstić information content (AvgIpc) is 3.77. The zero-order valence-corrected chi connectivity index (χ0v) is 24.6. The molecule has 1 aliphatic rings. The second kappa shape index (κ2) is 13.0. The number of aliphatic hydroxyl groups excluding tert-OH is 1. The number of likely N-dealkylation sites (tertiary alicyclic amines) is 1. The van der Waals surface area contributed by atoms with Crippen molar-refractivity contribution in [3.05, 3.63) is 87.5 Å². The number of H-pyrrole nitrogens is 2. The minimum Gasteiger partial charge on any atom is -0.394 e. The van der Waals surface area contributed by atoms with Gasteiger partial charge < -0.3 is 25.6 Å². The molecule has 43 heavy (non-hydrogen) atoms. The monoisotopic (exact) mass is 626 g/mol. The fraction of sp³-hybridized carbons (Fsp3) is 0.267.